The minimum Gasteiger partial charge on any atom is -0.382 e. The van der Waals surface area contributed by atoms with Gasteiger partial charge in [-0.05, 0) is 30.3 Å². The van der Waals surface area contributed by atoms with E-state index in [0.29, 0.717) is 5.69 Å². The van der Waals surface area contributed by atoms with Crippen molar-refractivity contribution in [1.82, 2.24) is 9.88 Å². The van der Waals surface area contributed by atoms with Gasteiger partial charge in [0.15, 0.2) is 0 Å². The Balaban J connectivity index is 2.41. The molecule has 0 aliphatic heterocycles. The molecular weight excluding hydrogens is 349 g/mol. The predicted octanol–water partition coefficient (Wildman–Crippen LogP) is 1.33. The molecule has 0 aliphatic carbocycles. The molecule has 25 heavy (non-hydrogen) atoms. The van der Waals surface area contributed by atoms with Crippen LogP contribution in [0.25, 0.3) is 0 Å². The van der Waals surface area contributed by atoms with Crippen LogP contribution in [0.2, 0.25) is 0 Å². The predicted molar refractivity (Wildman–Crippen MR) is 88.7 cm³/mol. The summed E-state index contributed by atoms with van der Waals surface area (Å²) in [6, 6.07) is 7.45. The van der Waals surface area contributed by atoms with Gasteiger partial charge in [0.25, 0.3) is 5.91 Å². The molecule has 134 valence electrons. The molecule has 0 radical (unpaired) electrons. The lowest BCUT2D eigenvalue weighted by Gasteiger charge is -2.27. The summed E-state index contributed by atoms with van der Waals surface area (Å²) in [7, 11) is -1.13. The first kappa shape index (κ1) is 19.0. The van der Waals surface area contributed by atoms with Crippen molar-refractivity contribution < 1.29 is 22.3 Å². The van der Waals surface area contributed by atoms with E-state index in [1.807, 2.05) is 0 Å². The molecule has 0 aliphatic rings. The van der Waals surface area contributed by atoms with Crippen LogP contribution in [-0.2, 0) is 14.8 Å². The van der Waals surface area contributed by atoms with E-state index in [2.05, 4.69) is 4.98 Å². The number of carbonyl (C=O) groups excluding carboxylic acids is 1. The highest BCUT2D eigenvalue weighted by atomic mass is 32.2. The average molecular weight is 367 g/mol. The monoisotopic (exact) mass is 367 g/mol. The Morgan fingerprint density at radius 2 is 2.08 bits per heavy atom. The third-order valence-corrected chi connectivity index (χ3v) is 4.55. The number of amides is 1. The maximum absolute atomic E-state index is 14.1. The molecule has 1 heterocycles. The number of likely N-dealkylation sites (N-methyl/N-ethyl adjacent to an activating group) is 1. The average Bonchev–Trinajstić information content (AvgIpc) is 2.58. The van der Waals surface area contributed by atoms with Crippen LogP contribution in [0.1, 0.15) is 22.1 Å². The fraction of sp³-hybridized carbons (Fsp3) is 0.250. The number of nitrogens with two attached hydrogens (primary N) is 1. The summed E-state index contributed by atoms with van der Waals surface area (Å²) in [6.45, 7) is 0.135. The van der Waals surface area contributed by atoms with Gasteiger partial charge in [-0.1, -0.05) is 6.07 Å². The fourth-order valence-electron chi connectivity index (χ4n) is 2.30. The SMILES string of the molecule is COCC(c1ccccn1)N(C)C(=O)c1cc(S(N)(=O)=O)ccc1F. The Morgan fingerprint density at radius 3 is 2.64 bits per heavy atom. The number of halogens is 1. The number of ether oxygens (including phenoxy) is 1. The zero-order chi connectivity index (χ0) is 18.6. The molecule has 0 bridgehead atoms. The van der Waals surface area contributed by atoms with Gasteiger partial charge in [-0.2, -0.15) is 0 Å². The van der Waals surface area contributed by atoms with E-state index in [-0.39, 0.29) is 11.5 Å². The number of sulfonamides is 1. The number of rotatable bonds is 6. The molecule has 9 heteroatoms. The number of hydrogen-bond acceptors (Lipinski definition) is 5. The van der Waals surface area contributed by atoms with Gasteiger partial charge in [0.2, 0.25) is 10.0 Å². The van der Waals surface area contributed by atoms with Gasteiger partial charge < -0.3 is 9.64 Å². The summed E-state index contributed by atoms with van der Waals surface area (Å²) >= 11 is 0. The lowest BCUT2D eigenvalue weighted by atomic mass is 10.1. The van der Waals surface area contributed by atoms with Gasteiger partial charge in [-0.25, -0.2) is 17.9 Å². The minimum atomic E-state index is -4.06. The fourth-order valence-corrected chi connectivity index (χ4v) is 2.84. The molecule has 0 fully saturated rings. The lowest BCUT2D eigenvalue weighted by molar-refractivity contribution is 0.0590. The Labute approximate surface area is 145 Å². The Morgan fingerprint density at radius 1 is 1.36 bits per heavy atom. The second-order valence-electron chi connectivity index (χ2n) is 5.33. The molecule has 1 amide bonds. The molecule has 0 saturated carbocycles. The van der Waals surface area contributed by atoms with E-state index in [0.717, 1.165) is 18.2 Å². The molecule has 1 aromatic carbocycles. The van der Waals surface area contributed by atoms with Crippen LogP contribution in [0.15, 0.2) is 47.5 Å². The third kappa shape index (κ3) is 4.38. The number of primary sulfonamides is 1. The van der Waals surface area contributed by atoms with E-state index in [9.17, 15) is 17.6 Å². The minimum absolute atomic E-state index is 0.135. The largest absolute Gasteiger partial charge is 0.382 e. The number of benzene rings is 1. The van der Waals surface area contributed by atoms with E-state index in [4.69, 9.17) is 9.88 Å². The first-order chi connectivity index (χ1) is 11.8. The van der Waals surface area contributed by atoms with Crippen molar-refractivity contribution in [1.29, 1.82) is 0 Å². The third-order valence-electron chi connectivity index (χ3n) is 3.64. The number of aromatic nitrogens is 1. The van der Waals surface area contributed by atoms with Crippen LogP contribution in [-0.4, -0.2) is 45.0 Å². The standard InChI is InChI=1S/C16H18FN3O4S/c1-20(15(10-24-2)14-5-3-4-8-19-14)16(21)12-9-11(25(18,22)23)6-7-13(12)17/h3-9,15H,10H2,1-2H3,(H2,18,22,23). The van der Waals surface area contributed by atoms with Crippen molar-refractivity contribution in [2.45, 2.75) is 10.9 Å². The van der Waals surface area contributed by atoms with Crippen LogP contribution in [0, 0.1) is 5.82 Å². The van der Waals surface area contributed by atoms with Gasteiger partial charge in [0.05, 0.1) is 28.8 Å². The van der Waals surface area contributed by atoms with Crippen LogP contribution < -0.4 is 5.14 Å². The number of nitrogens with zero attached hydrogens (tertiary/aromatic N) is 2. The Hall–Kier alpha value is -2.36. The van der Waals surface area contributed by atoms with Crippen LogP contribution in [0.3, 0.4) is 0 Å². The molecule has 1 atom stereocenters. The van der Waals surface area contributed by atoms with E-state index >= 15 is 0 Å². The van der Waals surface area contributed by atoms with E-state index < -0.39 is 33.4 Å². The van der Waals surface area contributed by atoms with Crippen molar-refractivity contribution >= 4 is 15.9 Å². The Bertz CT molecular complexity index is 859. The zero-order valence-electron chi connectivity index (χ0n) is 13.7. The first-order valence-corrected chi connectivity index (χ1v) is 8.79. The van der Waals surface area contributed by atoms with Gasteiger partial charge in [0.1, 0.15) is 5.82 Å². The summed E-state index contributed by atoms with van der Waals surface area (Å²) < 4.78 is 42.1. The van der Waals surface area contributed by atoms with Gasteiger partial charge in [0, 0.05) is 20.4 Å². The summed E-state index contributed by atoms with van der Waals surface area (Å²) in [6.07, 6.45) is 1.57. The van der Waals surface area contributed by atoms with Crippen molar-refractivity contribution in [2.75, 3.05) is 20.8 Å². The summed E-state index contributed by atoms with van der Waals surface area (Å²) in [5, 5.41) is 5.05. The molecular formula is C16H18FN3O4S. The number of pyridine rings is 1. The Kier molecular flexibility index (Phi) is 5.83. The van der Waals surface area contributed by atoms with Gasteiger partial charge in [-0.15, -0.1) is 0 Å². The number of hydrogen-bond donors (Lipinski definition) is 1. The molecule has 0 saturated heterocycles. The topological polar surface area (TPSA) is 103 Å². The van der Waals surface area contributed by atoms with E-state index in [1.165, 1.54) is 19.1 Å². The molecule has 2 aromatic rings. The van der Waals surface area contributed by atoms with Gasteiger partial charge >= 0.3 is 0 Å². The highest BCUT2D eigenvalue weighted by Crippen LogP contribution is 2.22. The zero-order valence-corrected chi connectivity index (χ0v) is 14.5. The van der Waals surface area contributed by atoms with Gasteiger partial charge in [-0.3, -0.25) is 9.78 Å². The second kappa shape index (κ2) is 7.68. The quantitative estimate of drug-likeness (QED) is 0.830. The van der Waals surface area contributed by atoms with Crippen molar-refractivity contribution in [3.05, 3.63) is 59.7 Å². The molecule has 2 rings (SSSR count). The highest BCUT2D eigenvalue weighted by Gasteiger charge is 2.26. The first-order valence-electron chi connectivity index (χ1n) is 7.25. The van der Waals surface area contributed by atoms with Crippen molar-refractivity contribution in [3.63, 3.8) is 0 Å². The molecule has 2 N–H and O–H groups in total. The summed E-state index contributed by atoms with van der Waals surface area (Å²) in [5.74, 6) is -1.56. The molecule has 1 aromatic heterocycles. The summed E-state index contributed by atoms with van der Waals surface area (Å²) in [4.78, 5) is 17.8. The van der Waals surface area contributed by atoms with E-state index in [1.54, 1.807) is 24.4 Å². The number of methoxy groups -OCH3 is 1. The molecule has 7 nitrogen and oxygen atoms in total. The molecule has 1 unspecified atom stereocenters. The second-order valence-corrected chi connectivity index (χ2v) is 6.89. The lowest BCUT2D eigenvalue weighted by Crippen LogP contribution is -2.35. The van der Waals surface area contributed by atoms with Crippen LogP contribution in [0.4, 0.5) is 4.39 Å². The highest BCUT2D eigenvalue weighted by molar-refractivity contribution is 7.89. The number of carbonyl (C=O) groups is 1. The van der Waals surface area contributed by atoms with Crippen molar-refractivity contribution in [2.24, 2.45) is 5.14 Å². The molecule has 0 spiro atoms. The maximum atomic E-state index is 14.1. The summed E-state index contributed by atoms with van der Waals surface area (Å²) in [5.41, 5.74) is 0.161. The maximum Gasteiger partial charge on any atom is 0.257 e. The normalized spacial score (nSPS) is 12.6. The van der Waals surface area contributed by atoms with Crippen LogP contribution >= 0.6 is 0 Å². The van der Waals surface area contributed by atoms with Crippen molar-refractivity contribution in [3.8, 4) is 0 Å². The smallest absolute Gasteiger partial charge is 0.257 e. The van der Waals surface area contributed by atoms with Crippen LogP contribution in [0.5, 0.6) is 0 Å².